The third-order valence-corrected chi connectivity index (χ3v) is 4.02. The quantitative estimate of drug-likeness (QED) is 0.692. The molecule has 0 N–H and O–H groups in total. The average molecular weight is 372 g/mol. The molecule has 0 amide bonds. The van der Waals surface area contributed by atoms with Crippen molar-refractivity contribution in [1.82, 2.24) is 14.8 Å². The van der Waals surface area contributed by atoms with Gasteiger partial charge in [-0.05, 0) is 44.2 Å². The predicted octanol–water partition coefficient (Wildman–Crippen LogP) is 4.09. The van der Waals surface area contributed by atoms with Crippen LogP contribution in [-0.2, 0) is 12.6 Å². The van der Waals surface area contributed by atoms with Gasteiger partial charge in [0.15, 0.2) is 28.9 Å². The minimum absolute atomic E-state index is 0.119. The first kappa shape index (κ1) is 18.5. The maximum atomic E-state index is 14.3. The van der Waals surface area contributed by atoms with E-state index in [2.05, 4.69) is 10.2 Å². The van der Waals surface area contributed by atoms with E-state index in [4.69, 9.17) is 10.00 Å². The molecular weight excluding hydrogens is 357 g/mol. The van der Waals surface area contributed by atoms with Gasteiger partial charge in [0.1, 0.15) is 11.6 Å². The second-order valence-corrected chi connectivity index (χ2v) is 6.40. The van der Waals surface area contributed by atoms with Crippen molar-refractivity contribution >= 4 is 0 Å². The molecule has 138 valence electrons. The molecule has 0 saturated heterocycles. The lowest BCUT2D eigenvalue weighted by Gasteiger charge is -2.25. The van der Waals surface area contributed by atoms with E-state index in [0.29, 0.717) is 5.82 Å². The first-order valence-electron chi connectivity index (χ1n) is 7.97. The van der Waals surface area contributed by atoms with E-state index in [1.165, 1.54) is 18.2 Å². The van der Waals surface area contributed by atoms with Crippen LogP contribution in [0.5, 0.6) is 5.75 Å². The van der Waals surface area contributed by atoms with Crippen molar-refractivity contribution in [2.75, 3.05) is 0 Å². The lowest BCUT2D eigenvalue weighted by molar-refractivity contribution is 0.0943. The Balaban J connectivity index is 1.96. The van der Waals surface area contributed by atoms with Crippen LogP contribution >= 0.6 is 0 Å². The van der Waals surface area contributed by atoms with E-state index in [9.17, 15) is 13.2 Å². The van der Waals surface area contributed by atoms with Crippen LogP contribution in [-0.4, -0.2) is 14.8 Å². The Morgan fingerprint density at radius 2 is 1.74 bits per heavy atom. The summed E-state index contributed by atoms with van der Waals surface area (Å²) in [5.41, 5.74) is -0.688. The van der Waals surface area contributed by atoms with Gasteiger partial charge in [-0.3, -0.25) is 0 Å². The molecule has 8 heteroatoms. The maximum Gasteiger partial charge on any atom is 0.176 e. The summed E-state index contributed by atoms with van der Waals surface area (Å²) in [5, 5.41) is 16.9. The summed E-state index contributed by atoms with van der Waals surface area (Å²) in [5.74, 6) is -1.89. The summed E-state index contributed by atoms with van der Waals surface area (Å²) in [4.78, 5) is 0. The van der Waals surface area contributed by atoms with Crippen molar-refractivity contribution in [3.63, 3.8) is 0 Å². The SMILES string of the molecule is Cn1c(-c2ccc(C#N)cc2F)nnc1C(C)(C)Oc1ccc(F)c(F)c1. The molecule has 0 bridgehead atoms. The number of halogens is 3. The molecule has 3 rings (SSSR count). The van der Waals surface area contributed by atoms with Crippen molar-refractivity contribution in [3.8, 4) is 23.2 Å². The normalized spacial score (nSPS) is 11.3. The van der Waals surface area contributed by atoms with Crippen LogP contribution in [0.25, 0.3) is 11.4 Å². The summed E-state index contributed by atoms with van der Waals surface area (Å²) in [6.45, 7) is 3.36. The van der Waals surface area contributed by atoms with Crippen LogP contribution in [0.4, 0.5) is 13.2 Å². The zero-order valence-electron chi connectivity index (χ0n) is 14.8. The molecule has 2 aromatic carbocycles. The lowest BCUT2D eigenvalue weighted by atomic mass is 10.1. The van der Waals surface area contributed by atoms with E-state index in [1.807, 2.05) is 6.07 Å². The molecule has 3 aromatic rings. The highest BCUT2D eigenvalue weighted by Crippen LogP contribution is 2.30. The Morgan fingerprint density at radius 3 is 2.37 bits per heavy atom. The van der Waals surface area contributed by atoms with Crippen LogP contribution in [0.2, 0.25) is 0 Å². The average Bonchev–Trinajstić information content (AvgIpc) is 3.00. The fourth-order valence-corrected chi connectivity index (χ4v) is 2.73. The molecule has 0 fully saturated rings. The van der Waals surface area contributed by atoms with E-state index in [1.54, 1.807) is 25.5 Å². The van der Waals surface area contributed by atoms with Crippen molar-refractivity contribution in [3.05, 3.63) is 65.2 Å². The molecule has 0 spiro atoms. The maximum absolute atomic E-state index is 14.3. The topological polar surface area (TPSA) is 63.7 Å². The van der Waals surface area contributed by atoms with Gasteiger partial charge in [0.2, 0.25) is 0 Å². The zero-order valence-corrected chi connectivity index (χ0v) is 14.8. The highest BCUT2D eigenvalue weighted by molar-refractivity contribution is 5.58. The fraction of sp³-hybridized carbons (Fsp3) is 0.211. The molecule has 1 aromatic heterocycles. The van der Waals surface area contributed by atoms with Gasteiger partial charge in [0.05, 0.1) is 17.2 Å². The minimum atomic E-state index is -1.06. The molecule has 0 aliphatic carbocycles. The van der Waals surface area contributed by atoms with Gasteiger partial charge in [-0.2, -0.15) is 5.26 Å². The van der Waals surface area contributed by atoms with Gasteiger partial charge >= 0.3 is 0 Å². The first-order chi connectivity index (χ1) is 12.7. The second-order valence-electron chi connectivity index (χ2n) is 6.40. The predicted molar refractivity (Wildman–Crippen MR) is 91.1 cm³/mol. The van der Waals surface area contributed by atoms with Gasteiger partial charge in [0.25, 0.3) is 0 Å². The number of nitriles is 1. The van der Waals surface area contributed by atoms with Gasteiger partial charge in [0, 0.05) is 13.1 Å². The van der Waals surface area contributed by atoms with E-state index >= 15 is 0 Å². The number of hydrogen-bond donors (Lipinski definition) is 0. The van der Waals surface area contributed by atoms with Crippen LogP contribution in [0.1, 0.15) is 25.2 Å². The Bertz CT molecular complexity index is 1050. The number of ether oxygens (including phenoxy) is 1. The molecule has 27 heavy (non-hydrogen) atoms. The van der Waals surface area contributed by atoms with Gasteiger partial charge in [-0.1, -0.05) is 0 Å². The number of hydrogen-bond acceptors (Lipinski definition) is 4. The van der Waals surface area contributed by atoms with E-state index in [-0.39, 0.29) is 22.7 Å². The second kappa shape index (κ2) is 6.76. The molecule has 5 nitrogen and oxygen atoms in total. The van der Waals surface area contributed by atoms with E-state index < -0.39 is 23.1 Å². The molecule has 0 atom stereocenters. The molecule has 0 saturated carbocycles. The van der Waals surface area contributed by atoms with Gasteiger partial charge < -0.3 is 9.30 Å². The highest BCUT2D eigenvalue weighted by Gasteiger charge is 2.30. The summed E-state index contributed by atoms with van der Waals surface area (Å²) < 4.78 is 48.1. The fourth-order valence-electron chi connectivity index (χ4n) is 2.73. The summed E-state index contributed by atoms with van der Waals surface area (Å²) in [7, 11) is 1.64. The van der Waals surface area contributed by atoms with Crippen molar-refractivity contribution in [2.45, 2.75) is 19.4 Å². The standard InChI is InChI=1S/C19H15F3N4O/c1-19(2,27-12-5-7-14(20)16(22)9-12)18-25-24-17(26(18)3)13-6-4-11(10-23)8-15(13)21/h4-9H,1-3H3. The number of aromatic nitrogens is 3. The smallest absolute Gasteiger partial charge is 0.176 e. The van der Waals surface area contributed by atoms with Crippen LogP contribution in [0.15, 0.2) is 36.4 Å². The van der Waals surface area contributed by atoms with E-state index in [0.717, 1.165) is 18.2 Å². The molecule has 0 aliphatic rings. The monoisotopic (exact) mass is 372 g/mol. The lowest BCUT2D eigenvalue weighted by Crippen LogP contribution is -2.29. The highest BCUT2D eigenvalue weighted by atomic mass is 19.2. The van der Waals surface area contributed by atoms with Crippen LogP contribution < -0.4 is 4.74 Å². The molecule has 1 heterocycles. The number of benzene rings is 2. The third-order valence-electron chi connectivity index (χ3n) is 4.02. The zero-order chi connectivity index (χ0) is 19.8. The Labute approximate surface area is 153 Å². The largest absolute Gasteiger partial charge is 0.480 e. The number of rotatable bonds is 4. The Kier molecular flexibility index (Phi) is 4.62. The molecule has 0 radical (unpaired) electrons. The summed E-state index contributed by atoms with van der Waals surface area (Å²) in [6.07, 6.45) is 0. The van der Waals surface area contributed by atoms with Gasteiger partial charge in [-0.25, -0.2) is 13.2 Å². The van der Waals surface area contributed by atoms with Gasteiger partial charge in [-0.15, -0.1) is 10.2 Å². The summed E-state index contributed by atoms with van der Waals surface area (Å²) >= 11 is 0. The summed E-state index contributed by atoms with van der Waals surface area (Å²) in [6, 6.07) is 9.12. The minimum Gasteiger partial charge on any atom is -0.480 e. The van der Waals surface area contributed by atoms with Crippen molar-refractivity contribution < 1.29 is 17.9 Å². The number of nitrogens with zero attached hydrogens (tertiary/aromatic N) is 4. The molecule has 0 unspecified atom stereocenters. The first-order valence-corrected chi connectivity index (χ1v) is 7.97. The molecular formula is C19H15F3N4O. The van der Waals surface area contributed by atoms with Crippen LogP contribution in [0.3, 0.4) is 0 Å². The van der Waals surface area contributed by atoms with Crippen molar-refractivity contribution in [2.24, 2.45) is 7.05 Å². The molecule has 0 aliphatic heterocycles. The third kappa shape index (κ3) is 3.49. The Hall–Kier alpha value is -3.34. The van der Waals surface area contributed by atoms with Crippen LogP contribution in [0, 0.1) is 28.8 Å². The van der Waals surface area contributed by atoms with Crippen molar-refractivity contribution in [1.29, 1.82) is 5.26 Å². The Morgan fingerprint density at radius 1 is 1.00 bits per heavy atom.